The molecule has 0 aromatic heterocycles. The SMILES string of the molecule is O=C(NN1CCCCC1)C1=NN(c2ccc(Cl)cc2Cl)C(C2CC(CCl)=CS2)C1. The molecule has 5 nitrogen and oxygen atoms in total. The maximum atomic E-state index is 12.9. The number of hydrogen-bond donors (Lipinski definition) is 1. The van der Waals surface area contributed by atoms with Crippen molar-refractivity contribution in [1.29, 1.82) is 0 Å². The molecule has 1 saturated heterocycles. The van der Waals surface area contributed by atoms with Crippen LogP contribution >= 0.6 is 46.6 Å². The average Bonchev–Trinajstić information content (AvgIpc) is 3.36. The molecule has 0 spiro atoms. The van der Waals surface area contributed by atoms with Gasteiger partial charge in [-0.05, 0) is 48.4 Å². The van der Waals surface area contributed by atoms with E-state index in [1.807, 2.05) is 16.1 Å². The minimum absolute atomic E-state index is 0.0257. The molecule has 3 aliphatic rings. The summed E-state index contributed by atoms with van der Waals surface area (Å²) in [4.78, 5) is 12.9. The lowest BCUT2D eigenvalue weighted by Crippen LogP contribution is -2.47. The van der Waals surface area contributed by atoms with E-state index in [0.717, 1.165) is 38.0 Å². The lowest BCUT2D eigenvalue weighted by molar-refractivity contribution is -0.119. The number of allylic oxidation sites excluding steroid dienone is 1. The predicted molar refractivity (Wildman–Crippen MR) is 123 cm³/mol. The van der Waals surface area contributed by atoms with Gasteiger partial charge in [0.2, 0.25) is 0 Å². The Balaban J connectivity index is 1.55. The van der Waals surface area contributed by atoms with Crippen molar-refractivity contribution in [3.05, 3.63) is 39.2 Å². The Bertz CT molecular complexity index is 841. The molecule has 0 saturated carbocycles. The molecule has 29 heavy (non-hydrogen) atoms. The maximum absolute atomic E-state index is 12.9. The molecule has 1 aromatic rings. The predicted octanol–water partition coefficient (Wildman–Crippen LogP) is 5.07. The highest BCUT2D eigenvalue weighted by Gasteiger charge is 2.39. The normalized spacial score (nSPS) is 25.1. The number of halogens is 3. The number of nitrogens with zero attached hydrogens (tertiary/aromatic N) is 3. The van der Waals surface area contributed by atoms with Gasteiger partial charge in [0, 0.05) is 35.7 Å². The van der Waals surface area contributed by atoms with E-state index < -0.39 is 0 Å². The fourth-order valence-electron chi connectivity index (χ4n) is 3.92. The Morgan fingerprint density at radius 3 is 2.69 bits per heavy atom. The van der Waals surface area contributed by atoms with Gasteiger partial charge in [-0.2, -0.15) is 5.10 Å². The van der Waals surface area contributed by atoms with Crippen molar-refractivity contribution in [1.82, 2.24) is 10.4 Å². The zero-order valence-electron chi connectivity index (χ0n) is 15.9. The number of hydrazone groups is 1. The molecular weight excluding hydrogens is 451 g/mol. The van der Waals surface area contributed by atoms with Crippen LogP contribution in [0.2, 0.25) is 10.0 Å². The summed E-state index contributed by atoms with van der Waals surface area (Å²) in [6, 6.07) is 5.40. The molecule has 1 fully saturated rings. The van der Waals surface area contributed by atoms with Crippen molar-refractivity contribution in [3.8, 4) is 0 Å². The topological polar surface area (TPSA) is 47.9 Å². The van der Waals surface area contributed by atoms with Crippen molar-refractivity contribution in [2.45, 2.75) is 43.4 Å². The first-order valence-corrected chi connectivity index (χ1v) is 12.1. The molecule has 0 bridgehead atoms. The van der Waals surface area contributed by atoms with Gasteiger partial charge in [0.05, 0.1) is 16.8 Å². The van der Waals surface area contributed by atoms with Crippen LogP contribution in [-0.2, 0) is 4.79 Å². The number of carbonyl (C=O) groups excluding carboxylic acids is 1. The second-order valence-electron chi connectivity index (χ2n) is 7.54. The first-order valence-electron chi connectivity index (χ1n) is 9.82. The largest absolute Gasteiger partial charge is 0.284 e. The molecule has 3 aliphatic heterocycles. The Labute approximate surface area is 190 Å². The minimum Gasteiger partial charge on any atom is -0.284 e. The standard InChI is InChI=1S/C20H23Cl3N4OS/c21-11-13-8-19(29-12-13)18-10-16(20(28)25-26-6-2-1-3-7-26)24-27(18)17-5-4-14(22)9-15(17)23/h4-5,9,12,18-19H,1-3,6-8,10-11H2,(H,25,28). The van der Waals surface area contributed by atoms with Gasteiger partial charge >= 0.3 is 0 Å². The third-order valence-electron chi connectivity index (χ3n) is 5.45. The molecule has 2 atom stereocenters. The van der Waals surface area contributed by atoms with Gasteiger partial charge in [-0.1, -0.05) is 29.6 Å². The Morgan fingerprint density at radius 1 is 1.21 bits per heavy atom. The number of piperidine rings is 1. The van der Waals surface area contributed by atoms with Gasteiger partial charge < -0.3 is 0 Å². The summed E-state index contributed by atoms with van der Waals surface area (Å²) in [6.07, 6.45) is 4.88. The molecular formula is C20H23Cl3N4OS. The Hall–Kier alpha value is -0.920. The van der Waals surface area contributed by atoms with Crippen LogP contribution < -0.4 is 10.4 Å². The highest BCUT2D eigenvalue weighted by molar-refractivity contribution is 8.03. The second-order valence-corrected chi connectivity index (χ2v) is 9.76. The fraction of sp³-hybridized carbons (Fsp3) is 0.500. The maximum Gasteiger partial charge on any atom is 0.281 e. The van der Waals surface area contributed by atoms with Gasteiger partial charge in [-0.3, -0.25) is 15.2 Å². The van der Waals surface area contributed by atoms with Crippen molar-refractivity contribution in [2.75, 3.05) is 24.0 Å². The Morgan fingerprint density at radius 2 is 2.00 bits per heavy atom. The van der Waals surface area contributed by atoms with Crippen molar-refractivity contribution < 1.29 is 4.79 Å². The van der Waals surface area contributed by atoms with Crippen molar-refractivity contribution in [3.63, 3.8) is 0 Å². The first-order chi connectivity index (χ1) is 14.0. The molecule has 0 aliphatic carbocycles. The lowest BCUT2D eigenvalue weighted by atomic mass is 10.0. The third kappa shape index (κ3) is 4.88. The van der Waals surface area contributed by atoms with Crippen LogP contribution in [0.1, 0.15) is 32.1 Å². The number of nitrogens with one attached hydrogen (secondary N) is 1. The van der Waals surface area contributed by atoms with Gasteiger partial charge in [-0.25, -0.2) is 5.01 Å². The van der Waals surface area contributed by atoms with Crippen molar-refractivity contribution >= 4 is 63.9 Å². The summed E-state index contributed by atoms with van der Waals surface area (Å²) in [6.45, 7) is 1.77. The van der Waals surface area contributed by atoms with E-state index in [0.29, 0.717) is 28.1 Å². The number of alkyl halides is 1. The molecule has 1 N–H and O–H groups in total. The fourth-order valence-corrected chi connectivity index (χ4v) is 5.94. The van der Waals surface area contributed by atoms with E-state index in [4.69, 9.17) is 39.9 Å². The number of thioether (sulfide) groups is 1. The van der Waals surface area contributed by atoms with Gasteiger partial charge in [-0.15, -0.1) is 23.4 Å². The van der Waals surface area contributed by atoms with Crippen LogP contribution in [0.3, 0.4) is 0 Å². The number of anilines is 1. The molecule has 4 rings (SSSR count). The number of benzene rings is 1. The monoisotopic (exact) mass is 472 g/mol. The number of hydrazine groups is 1. The highest BCUT2D eigenvalue weighted by Crippen LogP contribution is 2.41. The number of hydrogen-bond acceptors (Lipinski definition) is 5. The minimum atomic E-state index is -0.127. The summed E-state index contributed by atoms with van der Waals surface area (Å²) in [7, 11) is 0. The van der Waals surface area contributed by atoms with Crippen LogP contribution in [0.25, 0.3) is 0 Å². The molecule has 2 unspecified atom stereocenters. The van der Waals surface area contributed by atoms with E-state index >= 15 is 0 Å². The summed E-state index contributed by atoms with van der Waals surface area (Å²) >= 11 is 20.3. The number of amides is 1. The smallest absolute Gasteiger partial charge is 0.281 e. The Kier molecular flexibility index (Phi) is 6.97. The van der Waals surface area contributed by atoms with Gasteiger partial charge in [0.1, 0.15) is 5.71 Å². The molecule has 1 amide bonds. The zero-order chi connectivity index (χ0) is 20.4. The van der Waals surface area contributed by atoms with E-state index in [1.165, 1.54) is 12.0 Å². The quantitative estimate of drug-likeness (QED) is 0.606. The van der Waals surface area contributed by atoms with E-state index in [9.17, 15) is 4.79 Å². The average molecular weight is 474 g/mol. The summed E-state index contributed by atoms with van der Waals surface area (Å²) in [5.74, 6) is 0.402. The van der Waals surface area contributed by atoms with Gasteiger partial charge in [0.15, 0.2) is 0 Å². The van der Waals surface area contributed by atoms with E-state index in [-0.39, 0.29) is 17.2 Å². The van der Waals surface area contributed by atoms with Crippen LogP contribution in [-0.4, -0.2) is 46.9 Å². The summed E-state index contributed by atoms with van der Waals surface area (Å²) in [5, 5.41) is 12.1. The van der Waals surface area contributed by atoms with Crippen LogP contribution in [0.15, 0.2) is 34.3 Å². The number of rotatable bonds is 5. The molecule has 3 heterocycles. The third-order valence-corrected chi connectivity index (χ3v) is 7.63. The van der Waals surface area contributed by atoms with Crippen LogP contribution in [0.5, 0.6) is 0 Å². The van der Waals surface area contributed by atoms with Crippen LogP contribution in [0.4, 0.5) is 5.69 Å². The van der Waals surface area contributed by atoms with Gasteiger partial charge in [0.25, 0.3) is 5.91 Å². The molecule has 0 radical (unpaired) electrons. The zero-order valence-corrected chi connectivity index (χ0v) is 19.0. The van der Waals surface area contributed by atoms with E-state index in [2.05, 4.69) is 10.8 Å². The number of carbonyl (C=O) groups is 1. The molecule has 9 heteroatoms. The molecule has 156 valence electrons. The first kappa shape index (κ1) is 21.3. The second kappa shape index (κ2) is 9.48. The van der Waals surface area contributed by atoms with Crippen LogP contribution in [0, 0.1) is 0 Å². The lowest BCUT2D eigenvalue weighted by Gasteiger charge is -2.28. The van der Waals surface area contributed by atoms with E-state index in [1.54, 1.807) is 23.9 Å². The molecule has 1 aromatic carbocycles. The summed E-state index contributed by atoms with van der Waals surface area (Å²) < 4.78 is 0. The highest BCUT2D eigenvalue weighted by atomic mass is 35.5. The summed E-state index contributed by atoms with van der Waals surface area (Å²) in [5.41, 5.74) is 5.55. The van der Waals surface area contributed by atoms with Crippen molar-refractivity contribution in [2.24, 2.45) is 5.10 Å².